The number of carboxylic acid groups (broad SMARTS) is 1. The van der Waals surface area contributed by atoms with Gasteiger partial charge in [-0.25, -0.2) is 14.8 Å². The predicted molar refractivity (Wildman–Crippen MR) is 55.4 cm³/mol. The Balaban J connectivity index is 2.80. The van der Waals surface area contributed by atoms with Crippen LogP contribution in [0.25, 0.3) is 0 Å². The molecule has 0 aliphatic rings. The standard InChI is InChI=1S/C9H13N3O4/c13-3-1-12(2-4-14)8-6-10-7(5-11-8)9(15)16/h5-6,13-14H,1-4H2,(H,15,16). The number of aromatic nitrogens is 2. The summed E-state index contributed by atoms with van der Waals surface area (Å²) in [5.74, 6) is -0.719. The second-order valence-electron chi connectivity index (χ2n) is 3.00. The third-order valence-corrected chi connectivity index (χ3v) is 1.92. The van der Waals surface area contributed by atoms with Gasteiger partial charge in [-0.05, 0) is 0 Å². The first-order valence-corrected chi connectivity index (χ1v) is 4.71. The van der Waals surface area contributed by atoms with Crippen LogP contribution in [0.1, 0.15) is 10.5 Å². The number of anilines is 1. The van der Waals surface area contributed by atoms with E-state index < -0.39 is 5.97 Å². The van der Waals surface area contributed by atoms with E-state index in [1.165, 1.54) is 6.20 Å². The van der Waals surface area contributed by atoms with Gasteiger partial charge >= 0.3 is 5.97 Å². The molecule has 7 nitrogen and oxygen atoms in total. The summed E-state index contributed by atoms with van der Waals surface area (Å²) in [6.07, 6.45) is 2.44. The zero-order valence-corrected chi connectivity index (χ0v) is 8.57. The zero-order valence-electron chi connectivity index (χ0n) is 8.57. The highest BCUT2D eigenvalue weighted by Gasteiger charge is 2.09. The van der Waals surface area contributed by atoms with E-state index in [9.17, 15) is 4.79 Å². The van der Waals surface area contributed by atoms with Gasteiger partial charge in [-0.15, -0.1) is 0 Å². The van der Waals surface area contributed by atoms with E-state index in [0.29, 0.717) is 18.9 Å². The first kappa shape index (κ1) is 12.3. The van der Waals surface area contributed by atoms with Crippen molar-refractivity contribution in [2.45, 2.75) is 0 Å². The van der Waals surface area contributed by atoms with Crippen molar-refractivity contribution in [1.82, 2.24) is 9.97 Å². The maximum absolute atomic E-state index is 10.5. The minimum Gasteiger partial charge on any atom is -0.476 e. The lowest BCUT2D eigenvalue weighted by atomic mass is 10.4. The highest BCUT2D eigenvalue weighted by atomic mass is 16.4. The molecule has 16 heavy (non-hydrogen) atoms. The van der Waals surface area contributed by atoms with Gasteiger partial charge in [0, 0.05) is 13.1 Å². The van der Waals surface area contributed by atoms with Crippen LogP contribution >= 0.6 is 0 Å². The van der Waals surface area contributed by atoms with Crippen LogP contribution in [0.2, 0.25) is 0 Å². The molecule has 0 aromatic carbocycles. The van der Waals surface area contributed by atoms with Crippen LogP contribution < -0.4 is 4.90 Å². The van der Waals surface area contributed by atoms with Crippen molar-refractivity contribution >= 4 is 11.8 Å². The van der Waals surface area contributed by atoms with E-state index in [2.05, 4.69) is 9.97 Å². The molecular weight excluding hydrogens is 214 g/mol. The van der Waals surface area contributed by atoms with Gasteiger partial charge < -0.3 is 20.2 Å². The van der Waals surface area contributed by atoms with Gasteiger partial charge in [0.15, 0.2) is 5.69 Å². The number of hydrogen-bond donors (Lipinski definition) is 3. The monoisotopic (exact) mass is 227 g/mol. The molecule has 0 aliphatic carbocycles. The van der Waals surface area contributed by atoms with E-state index in [1.54, 1.807) is 4.90 Å². The lowest BCUT2D eigenvalue weighted by molar-refractivity contribution is 0.0690. The second-order valence-corrected chi connectivity index (χ2v) is 3.00. The summed E-state index contributed by atoms with van der Waals surface area (Å²) in [5.41, 5.74) is -0.142. The molecule has 0 spiro atoms. The molecule has 1 aromatic rings. The number of aliphatic hydroxyl groups is 2. The molecule has 1 rings (SSSR count). The summed E-state index contributed by atoms with van der Waals surface area (Å²) < 4.78 is 0. The van der Waals surface area contributed by atoms with E-state index in [0.717, 1.165) is 6.20 Å². The maximum Gasteiger partial charge on any atom is 0.356 e. The smallest absolute Gasteiger partial charge is 0.356 e. The number of carboxylic acids is 1. The summed E-state index contributed by atoms with van der Waals surface area (Å²) in [7, 11) is 0. The Kier molecular flexibility index (Phi) is 4.62. The number of hydrogen-bond acceptors (Lipinski definition) is 6. The van der Waals surface area contributed by atoms with Gasteiger partial charge in [0.05, 0.1) is 25.6 Å². The number of aromatic carboxylic acids is 1. The summed E-state index contributed by atoms with van der Waals surface area (Å²) >= 11 is 0. The molecule has 1 aromatic heterocycles. The topological polar surface area (TPSA) is 107 Å². The van der Waals surface area contributed by atoms with Crippen molar-refractivity contribution in [3.63, 3.8) is 0 Å². The summed E-state index contributed by atoms with van der Waals surface area (Å²) in [5, 5.41) is 26.2. The van der Waals surface area contributed by atoms with Gasteiger partial charge in [-0.1, -0.05) is 0 Å². The molecule has 0 unspecified atom stereocenters. The molecule has 0 bridgehead atoms. The quantitative estimate of drug-likeness (QED) is 0.570. The number of nitrogens with zero attached hydrogens (tertiary/aromatic N) is 3. The molecule has 0 amide bonds. The van der Waals surface area contributed by atoms with Crippen LogP contribution in [-0.4, -0.2) is 57.6 Å². The van der Waals surface area contributed by atoms with Gasteiger partial charge in [0.25, 0.3) is 0 Å². The van der Waals surface area contributed by atoms with Crippen LogP contribution in [0.15, 0.2) is 12.4 Å². The SMILES string of the molecule is O=C(O)c1cnc(N(CCO)CCO)cn1. The number of rotatable bonds is 6. The molecule has 0 atom stereocenters. The van der Waals surface area contributed by atoms with Crippen molar-refractivity contribution in [2.75, 3.05) is 31.2 Å². The highest BCUT2D eigenvalue weighted by Crippen LogP contribution is 2.07. The van der Waals surface area contributed by atoms with Crippen LogP contribution in [-0.2, 0) is 0 Å². The average Bonchev–Trinajstić information content (AvgIpc) is 2.29. The first-order valence-electron chi connectivity index (χ1n) is 4.71. The predicted octanol–water partition coefficient (Wildman–Crippen LogP) is -1.03. The van der Waals surface area contributed by atoms with E-state index in [-0.39, 0.29) is 18.9 Å². The number of carbonyl (C=O) groups is 1. The fourth-order valence-corrected chi connectivity index (χ4v) is 1.18. The Morgan fingerprint density at radius 1 is 1.19 bits per heavy atom. The second kappa shape index (κ2) is 5.99. The highest BCUT2D eigenvalue weighted by molar-refractivity contribution is 5.84. The fraction of sp³-hybridized carbons (Fsp3) is 0.444. The van der Waals surface area contributed by atoms with Gasteiger partial charge in [0.1, 0.15) is 5.82 Å². The largest absolute Gasteiger partial charge is 0.476 e. The van der Waals surface area contributed by atoms with Crippen LogP contribution in [0, 0.1) is 0 Å². The van der Waals surface area contributed by atoms with E-state index >= 15 is 0 Å². The summed E-state index contributed by atoms with van der Waals surface area (Å²) in [6.45, 7) is 0.452. The van der Waals surface area contributed by atoms with Crippen molar-refractivity contribution < 1.29 is 20.1 Å². The van der Waals surface area contributed by atoms with Crippen molar-refractivity contribution in [3.8, 4) is 0 Å². The Bertz CT molecular complexity index is 335. The Hall–Kier alpha value is -1.73. The Morgan fingerprint density at radius 2 is 1.81 bits per heavy atom. The third kappa shape index (κ3) is 3.14. The zero-order chi connectivity index (χ0) is 12.0. The molecule has 0 saturated heterocycles. The van der Waals surface area contributed by atoms with Crippen LogP contribution in [0.5, 0.6) is 0 Å². The molecule has 0 radical (unpaired) electrons. The van der Waals surface area contributed by atoms with Crippen LogP contribution in [0.4, 0.5) is 5.82 Å². The fourth-order valence-electron chi connectivity index (χ4n) is 1.18. The van der Waals surface area contributed by atoms with E-state index in [1.807, 2.05) is 0 Å². The van der Waals surface area contributed by atoms with Crippen molar-refractivity contribution in [1.29, 1.82) is 0 Å². The minimum atomic E-state index is -1.14. The van der Waals surface area contributed by atoms with Gasteiger partial charge in [0.2, 0.25) is 0 Å². The number of aliphatic hydroxyl groups excluding tert-OH is 2. The molecule has 7 heteroatoms. The Labute approximate surface area is 92.0 Å². The molecule has 88 valence electrons. The Morgan fingerprint density at radius 3 is 2.19 bits per heavy atom. The molecular formula is C9H13N3O4. The molecule has 3 N–H and O–H groups in total. The average molecular weight is 227 g/mol. The lowest BCUT2D eigenvalue weighted by Crippen LogP contribution is -2.30. The van der Waals surface area contributed by atoms with Gasteiger partial charge in [-0.3, -0.25) is 0 Å². The van der Waals surface area contributed by atoms with E-state index in [4.69, 9.17) is 15.3 Å². The summed E-state index contributed by atoms with van der Waals surface area (Å²) in [4.78, 5) is 19.7. The summed E-state index contributed by atoms with van der Waals surface area (Å²) in [6, 6.07) is 0. The van der Waals surface area contributed by atoms with Crippen molar-refractivity contribution in [3.05, 3.63) is 18.1 Å². The van der Waals surface area contributed by atoms with Crippen molar-refractivity contribution in [2.24, 2.45) is 0 Å². The first-order chi connectivity index (χ1) is 7.69. The lowest BCUT2D eigenvalue weighted by Gasteiger charge is -2.20. The minimum absolute atomic E-state index is 0.0810. The van der Waals surface area contributed by atoms with Crippen LogP contribution in [0.3, 0.4) is 0 Å². The maximum atomic E-state index is 10.5. The van der Waals surface area contributed by atoms with Gasteiger partial charge in [-0.2, -0.15) is 0 Å². The molecule has 0 fully saturated rings. The normalized spacial score (nSPS) is 10.1. The third-order valence-electron chi connectivity index (χ3n) is 1.92. The molecule has 0 saturated carbocycles. The molecule has 0 aliphatic heterocycles. The molecule has 1 heterocycles.